The predicted molar refractivity (Wildman–Crippen MR) is 87.2 cm³/mol. The first-order chi connectivity index (χ1) is 11.2. The van der Waals surface area contributed by atoms with Gasteiger partial charge in [-0.15, -0.1) is 0 Å². The number of benzene rings is 1. The number of rotatable bonds is 8. The number of para-hydroxylation sites is 1. The van der Waals surface area contributed by atoms with E-state index in [4.69, 9.17) is 4.74 Å². The van der Waals surface area contributed by atoms with E-state index in [2.05, 4.69) is 10.3 Å². The second kappa shape index (κ2) is 7.13. The van der Waals surface area contributed by atoms with Gasteiger partial charge in [0.25, 0.3) is 12.4 Å². The maximum absolute atomic E-state index is 12.2. The van der Waals surface area contributed by atoms with E-state index >= 15 is 0 Å². The van der Waals surface area contributed by atoms with E-state index in [0.29, 0.717) is 24.5 Å². The normalized spacial score (nSPS) is 15.0. The van der Waals surface area contributed by atoms with Crippen molar-refractivity contribution in [2.24, 2.45) is 5.92 Å². The fourth-order valence-corrected chi connectivity index (χ4v) is 2.65. The molecule has 23 heavy (non-hydrogen) atoms. The Bertz CT molecular complexity index is 662. The van der Waals surface area contributed by atoms with Crippen LogP contribution in [0.1, 0.15) is 35.4 Å². The molecule has 0 saturated heterocycles. The van der Waals surface area contributed by atoms with Gasteiger partial charge in [-0.2, -0.15) is 0 Å². The number of aromatic amines is 1. The number of anilines is 1. The Labute approximate surface area is 135 Å². The maximum Gasteiger partial charge on any atom is 0.293 e. The molecule has 1 aliphatic carbocycles. The molecule has 1 aromatic carbocycles. The van der Waals surface area contributed by atoms with Crippen LogP contribution < -0.4 is 5.32 Å². The Morgan fingerprint density at radius 1 is 1.26 bits per heavy atom. The summed E-state index contributed by atoms with van der Waals surface area (Å²) in [4.78, 5) is 25.9. The zero-order valence-corrected chi connectivity index (χ0v) is 12.8. The predicted octanol–water partition coefficient (Wildman–Crippen LogP) is 3.15. The number of nitrogens with one attached hydrogen (secondary N) is 2. The van der Waals surface area contributed by atoms with Gasteiger partial charge >= 0.3 is 0 Å². The third-order valence-corrected chi connectivity index (χ3v) is 4.01. The fourth-order valence-electron chi connectivity index (χ4n) is 2.65. The topological polar surface area (TPSA) is 71.2 Å². The smallest absolute Gasteiger partial charge is 0.293 e. The fraction of sp³-hybridized carbons (Fsp3) is 0.333. The first-order valence-electron chi connectivity index (χ1n) is 7.88. The van der Waals surface area contributed by atoms with Crippen molar-refractivity contribution >= 4 is 18.1 Å². The molecule has 2 N–H and O–H groups in total. The van der Waals surface area contributed by atoms with Crippen LogP contribution in [-0.2, 0) is 16.0 Å². The summed E-state index contributed by atoms with van der Waals surface area (Å²) in [5, 5.41) is 2.83. The van der Waals surface area contributed by atoms with Crippen LogP contribution in [0.2, 0.25) is 0 Å². The van der Waals surface area contributed by atoms with Gasteiger partial charge in [0.1, 0.15) is 11.8 Å². The first kappa shape index (κ1) is 15.3. The van der Waals surface area contributed by atoms with Crippen LogP contribution in [-0.4, -0.2) is 23.5 Å². The minimum absolute atomic E-state index is 0.122. The molecule has 0 spiro atoms. The molecule has 5 nitrogen and oxygen atoms in total. The molecule has 3 rings (SSSR count). The Morgan fingerprint density at radius 2 is 2.04 bits per heavy atom. The lowest BCUT2D eigenvalue weighted by Gasteiger charge is -2.13. The lowest BCUT2D eigenvalue weighted by Crippen LogP contribution is -2.17. The SMILES string of the molecule is O=COC(Cc1ccc(C(=O)Nc2ccccc2)[nH]1)CC1CC1. The number of carbonyl (C=O) groups is 2. The number of aromatic nitrogens is 1. The van der Waals surface area contributed by atoms with Crippen LogP contribution in [0.4, 0.5) is 5.69 Å². The van der Waals surface area contributed by atoms with Crippen molar-refractivity contribution in [2.75, 3.05) is 5.32 Å². The molecule has 1 atom stereocenters. The van der Waals surface area contributed by atoms with Crippen molar-refractivity contribution in [3.05, 3.63) is 53.9 Å². The van der Waals surface area contributed by atoms with E-state index in [-0.39, 0.29) is 12.0 Å². The van der Waals surface area contributed by atoms with E-state index in [9.17, 15) is 9.59 Å². The van der Waals surface area contributed by atoms with E-state index in [0.717, 1.165) is 17.8 Å². The number of carbonyl (C=O) groups excluding carboxylic acids is 2. The summed E-state index contributed by atoms with van der Waals surface area (Å²) in [5.41, 5.74) is 2.15. The van der Waals surface area contributed by atoms with Crippen molar-refractivity contribution in [2.45, 2.75) is 31.8 Å². The molecule has 1 unspecified atom stereocenters. The third-order valence-electron chi connectivity index (χ3n) is 4.01. The highest BCUT2D eigenvalue weighted by molar-refractivity contribution is 6.02. The van der Waals surface area contributed by atoms with Crippen molar-refractivity contribution < 1.29 is 14.3 Å². The number of H-pyrrole nitrogens is 1. The zero-order chi connectivity index (χ0) is 16.1. The molecule has 5 heteroatoms. The highest BCUT2D eigenvalue weighted by atomic mass is 16.5. The minimum Gasteiger partial charge on any atom is -0.464 e. The quantitative estimate of drug-likeness (QED) is 0.736. The third kappa shape index (κ3) is 4.45. The summed E-state index contributed by atoms with van der Waals surface area (Å²) in [6.07, 6.45) is 3.81. The molecule has 1 aliphatic rings. The molecule has 1 fully saturated rings. The van der Waals surface area contributed by atoms with Crippen LogP contribution in [0.15, 0.2) is 42.5 Å². The zero-order valence-electron chi connectivity index (χ0n) is 12.8. The summed E-state index contributed by atoms with van der Waals surface area (Å²) in [6, 6.07) is 12.9. The highest BCUT2D eigenvalue weighted by Crippen LogP contribution is 2.34. The van der Waals surface area contributed by atoms with Gasteiger partial charge < -0.3 is 15.0 Å². The van der Waals surface area contributed by atoms with Gasteiger partial charge in [-0.25, -0.2) is 0 Å². The van der Waals surface area contributed by atoms with E-state index in [1.54, 1.807) is 6.07 Å². The van der Waals surface area contributed by atoms with Gasteiger partial charge in [0.05, 0.1) is 0 Å². The average Bonchev–Trinajstić information content (AvgIpc) is 3.24. The molecule has 0 aliphatic heterocycles. The molecular formula is C18H20N2O3. The largest absolute Gasteiger partial charge is 0.464 e. The Kier molecular flexibility index (Phi) is 4.76. The summed E-state index contributed by atoms with van der Waals surface area (Å²) < 4.78 is 5.16. The summed E-state index contributed by atoms with van der Waals surface area (Å²) in [5.74, 6) is 0.494. The van der Waals surface area contributed by atoms with Crippen molar-refractivity contribution in [1.82, 2.24) is 4.98 Å². The average molecular weight is 312 g/mol. The molecule has 120 valence electrons. The molecule has 1 heterocycles. The Morgan fingerprint density at radius 3 is 2.74 bits per heavy atom. The van der Waals surface area contributed by atoms with E-state index in [1.165, 1.54) is 12.8 Å². The van der Waals surface area contributed by atoms with Gasteiger partial charge in [-0.1, -0.05) is 31.0 Å². The first-order valence-corrected chi connectivity index (χ1v) is 7.88. The lowest BCUT2D eigenvalue weighted by atomic mass is 10.1. The van der Waals surface area contributed by atoms with Gasteiger partial charge in [0, 0.05) is 17.8 Å². The monoisotopic (exact) mass is 312 g/mol. The second-order valence-corrected chi connectivity index (χ2v) is 5.95. The van der Waals surface area contributed by atoms with Crippen LogP contribution in [0, 0.1) is 5.92 Å². The summed E-state index contributed by atoms with van der Waals surface area (Å²) >= 11 is 0. The maximum atomic E-state index is 12.2. The number of ether oxygens (including phenoxy) is 1. The molecule has 1 saturated carbocycles. The van der Waals surface area contributed by atoms with E-state index < -0.39 is 0 Å². The Balaban J connectivity index is 1.60. The number of hydrogen-bond donors (Lipinski definition) is 2. The van der Waals surface area contributed by atoms with Crippen LogP contribution in [0.5, 0.6) is 0 Å². The van der Waals surface area contributed by atoms with Gasteiger partial charge in [0.2, 0.25) is 0 Å². The molecule has 1 amide bonds. The van der Waals surface area contributed by atoms with Crippen LogP contribution in [0.3, 0.4) is 0 Å². The summed E-state index contributed by atoms with van der Waals surface area (Å²) in [6.45, 7) is 0.513. The van der Waals surface area contributed by atoms with Gasteiger partial charge in [0.15, 0.2) is 0 Å². The molecule has 0 bridgehead atoms. The molecular weight excluding hydrogens is 292 g/mol. The molecule has 2 aromatic rings. The van der Waals surface area contributed by atoms with Gasteiger partial charge in [-0.3, -0.25) is 9.59 Å². The Hall–Kier alpha value is -2.56. The van der Waals surface area contributed by atoms with Crippen LogP contribution >= 0.6 is 0 Å². The summed E-state index contributed by atoms with van der Waals surface area (Å²) in [7, 11) is 0. The van der Waals surface area contributed by atoms with Crippen molar-refractivity contribution in [3.8, 4) is 0 Å². The number of hydrogen-bond acceptors (Lipinski definition) is 3. The minimum atomic E-state index is -0.183. The molecule has 0 radical (unpaired) electrons. The van der Waals surface area contributed by atoms with Crippen molar-refractivity contribution in [1.29, 1.82) is 0 Å². The molecule has 1 aromatic heterocycles. The van der Waals surface area contributed by atoms with E-state index in [1.807, 2.05) is 36.4 Å². The van der Waals surface area contributed by atoms with Crippen molar-refractivity contribution in [3.63, 3.8) is 0 Å². The van der Waals surface area contributed by atoms with Gasteiger partial charge in [-0.05, 0) is 36.6 Å². The lowest BCUT2D eigenvalue weighted by molar-refractivity contribution is -0.134. The highest BCUT2D eigenvalue weighted by Gasteiger charge is 2.26. The second-order valence-electron chi connectivity index (χ2n) is 5.95. The van der Waals surface area contributed by atoms with Crippen LogP contribution in [0.25, 0.3) is 0 Å². The standard InChI is InChI=1S/C18H20N2O3/c21-12-23-16(10-13-6-7-13)11-15-8-9-17(19-15)18(22)20-14-4-2-1-3-5-14/h1-5,8-9,12-13,16,19H,6-7,10-11H2,(H,20,22). The number of amides is 1.